The minimum atomic E-state index is -1.40. The molecule has 8 heteroatoms. The zero-order valence-corrected chi connectivity index (χ0v) is 19.6. The largest absolute Gasteiger partial charge is 0.465 e. The second-order valence-corrected chi connectivity index (χ2v) is 15.9. The standard InChI is InChI=1S/C20H40N2O5Si/c1-14(28(5,6)7)12-27-19(25)22-17(21-18(23)24)11-16(20(2,3)4)15-9-8-10-26-13-15/h14-17,21H,8-13H2,1-7H3,(H,22,25)(H,23,24)/t14?,15-,16-,17?/m0/s1. The Kier molecular flexibility index (Phi) is 9.27. The summed E-state index contributed by atoms with van der Waals surface area (Å²) < 4.78 is 11.0. The molecule has 1 aliphatic rings. The highest BCUT2D eigenvalue weighted by Crippen LogP contribution is 2.39. The average Bonchev–Trinajstić information content (AvgIpc) is 2.55. The molecular weight excluding hydrogens is 376 g/mol. The van der Waals surface area contributed by atoms with Gasteiger partial charge < -0.3 is 25.2 Å². The molecule has 1 fully saturated rings. The Labute approximate surface area is 170 Å². The van der Waals surface area contributed by atoms with Crippen LogP contribution < -0.4 is 10.6 Å². The number of rotatable bonds is 8. The Bertz CT molecular complexity index is 510. The number of carbonyl (C=O) groups excluding carboxylic acids is 1. The van der Waals surface area contributed by atoms with Gasteiger partial charge in [-0.2, -0.15) is 0 Å². The van der Waals surface area contributed by atoms with Gasteiger partial charge in [0.05, 0.1) is 14.7 Å². The van der Waals surface area contributed by atoms with E-state index in [0.717, 1.165) is 19.4 Å². The summed E-state index contributed by atoms with van der Waals surface area (Å²) in [6.07, 6.45) is 0.142. The van der Waals surface area contributed by atoms with Gasteiger partial charge in [-0.3, -0.25) is 0 Å². The highest BCUT2D eigenvalue weighted by atomic mass is 28.3. The van der Waals surface area contributed by atoms with E-state index < -0.39 is 26.4 Å². The summed E-state index contributed by atoms with van der Waals surface area (Å²) in [5.41, 5.74) is 0.285. The van der Waals surface area contributed by atoms with Crippen LogP contribution in [0.3, 0.4) is 0 Å². The monoisotopic (exact) mass is 416 g/mol. The number of hydrogen-bond donors (Lipinski definition) is 3. The van der Waals surface area contributed by atoms with Crippen LogP contribution >= 0.6 is 0 Å². The van der Waals surface area contributed by atoms with Crippen LogP contribution in [0.4, 0.5) is 9.59 Å². The summed E-state index contributed by atoms with van der Waals surface area (Å²) in [6, 6.07) is 0. The molecule has 0 bridgehead atoms. The van der Waals surface area contributed by atoms with E-state index in [1.54, 1.807) is 0 Å². The van der Waals surface area contributed by atoms with Crippen molar-refractivity contribution >= 4 is 20.3 Å². The minimum Gasteiger partial charge on any atom is -0.465 e. The third-order valence-electron chi connectivity index (χ3n) is 5.90. The van der Waals surface area contributed by atoms with Crippen LogP contribution in [0.5, 0.6) is 0 Å². The molecule has 0 saturated carbocycles. The number of carbonyl (C=O) groups is 2. The Morgan fingerprint density at radius 2 is 1.89 bits per heavy atom. The van der Waals surface area contributed by atoms with E-state index in [1.807, 2.05) is 0 Å². The van der Waals surface area contributed by atoms with Crippen LogP contribution in [-0.4, -0.2) is 51.4 Å². The lowest BCUT2D eigenvalue weighted by Crippen LogP contribution is -2.51. The molecule has 1 aliphatic heterocycles. The predicted molar refractivity (Wildman–Crippen MR) is 113 cm³/mol. The van der Waals surface area contributed by atoms with Crippen LogP contribution in [0.2, 0.25) is 25.2 Å². The van der Waals surface area contributed by atoms with Crippen LogP contribution in [0.1, 0.15) is 47.0 Å². The molecule has 0 aromatic carbocycles. The molecule has 1 saturated heterocycles. The Morgan fingerprint density at radius 1 is 1.25 bits per heavy atom. The molecule has 7 nitrogen and oxygen atoms in total. The van der Waals surface area contributed by atoms with E-state index in [4.69, 9.17) is 9.47 Å². The maximum absolute atomic E-state index is 12.3. The van der Waals surface area contributed by atoms with Gasteiger partial charge in [0.2, 0.25) is 0 Å². The molecule has 0 aromatic heterocycles. The summed E-state index contributed by atoms with van der Waals surface area (Å²) in [5, 5.41) is 14.4. The molecule has 0 aliphatic carbocycles. The first-order valence-electron chi connectivity index (χ1n) is 10.3. The summed E-state index contributed by atoms with van der Waals surface area (Å²) in [7, 11) is -1.40. The normalized spacial score (nSPS) is 21.3. The number of carboxylic acid groups (broad SMARTS) is 1. The molecule has 3 N–H and O–H groups in total. The van der Waals surface area contributed by atoms with Crippen molar-refractivity contribution in [2.75, 3.05) is 19.8 Å². The van der Waals surface area contributed by atoms with Crippen molar-refractivity contribution in [3.05, 3.63) is 0 Å². The summed E-state index contributed by atoms with van der Waals surface area (Å²) in [4.78, 5) is 23.6. The lowest BCUT2D eigenvalue weighted by molar-refractivity contribution is -0.00486. The number of alkyl carbamates (subject to hydrolysis) is 1. The van der Waals surface area contributed by atoms with Gasteiger partial charge in [-0.25, -0.2) is 9.59 Å². The molecule has 1 rings (SSSR count). The van der Waals surface area contributed by atoms with E-state index >= 15 is 0 Å². The first kappa shape index (κ1) is 24.8. The van der Waals surface area contributed by atoms with Gasteiger partial charge >= 0.3 is 12.2 Å². The molecule has 2 unspecified atom stereocenters. The third-order valence-corrected chi connectivity index (χ3v) is 9.02. The fourth-order valence-corrected chi connectivity index (χ4v) is 4.11. The van der Waals surface area contributed by atoms with Gasteiger partial charge in [-0.05, 0) is 42.1 Å². The average molecular weight is 417 g/mol. The molecular formula is C20H40N2O5Si. The predicted octanol–water partition coefficient (Wildman–Crippen LogP) is 4.51. The summed E-state index contributed by atoms with van der Waals surface area (Å²) >= 11 is 0. The number of amides is 2. The smallest absolute Gasteiger partial charge is 0.408 e. The van der Waals surface area contributed by atoms with Crippen molar-refractivity contribution in [1.29, 1.82) is 0 Å². The zero-order chi connectivity index (χ0) is 21.5. The van der Waals surface area contributed by atoms with Crippen molar-refractivity contribution in [2.45, 2.75) is 78.3 Å². The van der Waals surface area contributed by atoms with E-state index in [0.29, 0.717) is 31.1 Å². The molecule has 164 valence electrons. The maximum atomic E-state index is 12.3. The van der Waals surface area contributed by atoms with Crippen molar-refractivity contribution in [3.63, 3.8) is 0 Å². The van der Waals surface area contributed by atoms with E-state index in [9.17, 15) is 14.7 Å². The highest BCUT2D eigenvalue weighted by Gasteiger charge is 2.36. The number of ether oxygens (including phenoxy) is 2. The molecule has 4 atom stereocenters. The fourth-order valence-electron chi connectivity index (χ4n) is 3.53. The number of nitrogens with one attached hydrogen (secondary N) is 2. The van der Waals surface area contributed by atoms with Gasteiger partial charge in [0.25, 0.3) is 0 Å². The Hall–Kier alpha value is -1.28. The van der Waals surface area contributed by atoms with E-state index in [-0.39, 0.29) is 11.3 Å². The Morgan fingerprint density at radius 3 is 2.36 bits per heavy atom. The fraction of sp³-hybridized carbons (Fsp3) is 0.900. The van der Waals surface area contributed by atoms with Crippen LogP contribution in [0.25, 0.3) is 0 Å². The number of hydrogen-bond acceptors (Lipinski definition) is 4. The minimum absolute atomic E-state index is 0.0399. The first-order chi connectivity index (χ1) is 12.8. The van der Waals surface area contributed by atoms with Crippen molar-refractivity contribution in [2.24, 2.45) is 17.3 Å². The molecule has 0 aromatic rings. The maximum Gasteiger partial charge on any atom is 0.408 e. The molecule has 0 radical (unpaired) electrons. The lowest BCUT2D eigenvalue weighted by atomic mass is 9.69. The second kappa shape index (κ2) is 10.5. The third kappa shape index (κ3) is 8.81. The zero-order valence-electron chi connectivity index (χ0n) is 18.6. The topological polar surface area (TPSA) is 96.9 Å². The summed E-state index contributed by atoms with van der Waals surface area (Å²) in [5.74, 6) is 0.544. The molecule has 28 heavy (non-hydrogen) atoms. The lowest BCUT2D eigenvalue weighted by Gasteiger charge is -2.40. The van der Waals surface area contributed by atoms with Crippen LogP contribution in [-0.2, 0) is 9.47 Å². The first-order valence-corrected chi connectivity index (χ1v) is 13.9. The molecule has 0 spiro atoms. The molecule has 1 heterocycles. The van der Waals surface area contributed by atoms with Gasteiger partial charge in [-0.15, -0.1) is 0 Å². The van der Waals surface area contributed by atoms with Crippen molar-refractivity contribution in [3.8, 4) is 0 Å². The Balaban J connectivity index is 2.76. The summed E-state index contributed by atoms with van der Waals surface area (Å²) in [6.45, 7) is 17.0. The van der Waals surface area contributed by atoms with Gasteiger partial charge in [0.15, 0.2) is 0 Å². The van der Waals surface area contributed by atoms with Crippen LogP contribution in [0.15, 0.2) is 0 Å². The quantitative estimate of drug-likeness (QED) is 0.399. The van der Waals surface area contributed by atoms with E-state index in [1.165, 1.54) is 0 Å². The van der Waals surface area contributed by atoms with Crippen molar-refractivity contribution < 1.29 is 24.2 Å². The highest BCUT2D eigenvalue weighted by molar-refractivity contribution is 6.77. The van der Waals surface area contributed by atoms with Gasteiger partial charge in [-0.1, -0.05) is 47.3 Å². The van der Waals surface area contributed by atoms with Gasteiger partial charge in [0, 0.05) is 13.2 Å². The van der Waals surface area contributed by atoms with Crippen LogP contribution in [0, 0.1) is 17.3 Å². The molecule has 2 amide bonds. The van der Waals surface area contributed by atoms with Crippen molar-refractivity contribution in [1.82, 2.24) is 10.6 Å². The SMILES string of the molecule is CC(COC(=O)NC(C[C@@H]([C@H]1CCCOC1)C(C)(C)C)NC(=O)O)[Si](C)(C)C. The second-order valence-electron chi connectivity index (χ2n) is 10.2. The van der Waals surface area contributed by atoms with E-state index in [2.05, 4.69) is 58.0 Å². The van der Waals surface area contributed by atoms with Gasteiger partial charge in [0.1, 0.15) is 6.17 Å².